The zero-order valence-electron chi connectivity index (χ0n) is 15.8. The molecule has 1 fully saturated rings. The molecule has 142 valence electrons. The summed E-state index contributed by atoms with van der Waals surface area (Å²) in [5.74, 6) is 1.52. The standard InChI is InChI=1S/C21H29NO4/c1-14(12-15-4-6-16(25-2)7-5-15)20(24)17-13-21(10-8-18(17)23)19(26-3)9-11-22-21/h4-7,9,14,17,20,22,24H,8,10-13H2,1-3H3/t14?,17?,20?,21-/m0/s1. The maximum absolute atomic E-state index is 12.5. The van der Waals surface area contributed by atoms with Crippen LogP contribution < -0.4 is 10.1 Å². The van der Waals surface area contributed by atoms with Crippen molar-refractivity contribution in [3.8, 4) is 5.75 Å². The molecule has 3 rings (SSSR count). The van der Waals surface area contributed by atoms with Crippen LogP contribution in [0, 0.1) is 11.8 Å². The Morgan fingerprint density at radius 1 is 1.27 bits per heavy atom. The molecule has 4 atom stereocenters. The summed E-state index contributed by atoms with van der Waals surface area (Å²) < 4.78 is 10.7. The van der Waals surface area contributed by atoms with Crippen molar-refractivity contribution in [2.24, 2.45) is 11.8 Å². The van der Waals surface area contributed by atoms with Crippen LogP contribution in [-0.4, -0.2) is 43.3 Å². The van der Waals surface area contributed by atoms with Crippen molar-refractivity contribution in [1.82, 2.24) is 5.32 Å². The van der Waals surface area contributed by atoms with E-state index in [0.29, 0.717) is 12.8 Å². The summed E-state index contributed by atoms with van der Waals surface area (Å²) in [6.07, 6.45) is 3.91. The average molecular weight is 359 g/mol. The van der Waals surface area contributed by atoms with Crippen LogP contribution in [0.1, 0.15) is 31.7 Å². The molecule has 26 heavy (non-hydrogen) atoms. The molecule has 0 aromatic heterocycles. The highest BCUT2D eigenvalue weighted by Crippen LogP contribution is 2.40. The van der Waals surface area contributed by atoms with E-state index in [1.807, 2.05) is 37.3 Å². The van der Waals surface area contributed by atoms with E-state index in [4.69, 9.17) is 9.47 Å². The third kappa shape index (κ3) is 3.64. The average Bonchev–Trinajstić information content (AvgIpc) is 3.06. The number of methoxy groups -OCH3 is 2. The topological polar surface area (TPSA) is 67.8 Å². The number of nitrogens with one attached hydrogen (secondary N) is 1. The Labute approximate surface area is 155 Å². The fraction of sp³-hybridized carbons (Fsp3) is 0.571. The Balaban J connectivity index is 1.69. The van der Waals surface area contributed by atoms with Crippen LogP contribution in [0.2, 0.25) is 0 Å². The van der Waals surface area contributed by atoms with Gasteiger partial charge < -0.3 is 19.9 Å². The third-order valence-corrected chi connectivity index (χ3v) is 5.91. The zero-order valence-corrected chi connectivity index (χ0v) is 15.8. The maximum atomic E-state index is 12.5. The highest BCUT2D eigenvalue weighted by atomic mass is 16.5. The van der Waals surface area contributed by atoms with Gasteiger partial charge >= 0.3 is 0 Å². The summed E-state index contributed by atoms with van der Waals surface area (Å²) in [6, 6.07) is 7.87. The number of hydrogen-bond donors (Lipinski definition) is 2. The lowest BCUT2D eigenvalue weighted by Gasteiger charge is -2.41. The highest BCUT2D eigenvalue weighted by molar-refractivity contribution is 5.83. The van der Waals surface area contributed by atoms with Crippen molar-refractivity contribution in [3.05, 3.63) is 41.7 Å². The van der Waals surface area contributed by atoms with Gasteiger partial charge in [-0.25, -0.2) is 0 Å². The van der Waals surface area contributed by atoms with Crippen molar-refractivity contribution in [3.63, 3.8) is 0 Å². The first-order chi connectivity index (χ1) is 12.5. The van der Waals surface area contributed by atoms with E-state index in [1.54, 1.807) is 14.2 Å². The summed E-state index contributed by atoms with van der Waals surface area (Å²) in [6.45, 7) is 2.76. The Hall–Kier alpha value is -1.85. The molecule has 0 saturated heterocycles. The molecule has 2 N–H and O–H groups in total. The minimum atomic E-state index is -0.665. The fourth-order valence-corrected chi connectivity index (χ4v) is 4.36. The second kappa shape index (κ2) is 7.80. The predicted octanol–water partition coefficient (Wildman–Crippen LogP) is 2.48. The molecule has 1 aromatic rings. The lowest BCUT2D eigenvalue weighted by molar-refractivity contribution is -0.132. The molecule has 3 unspecified atom stereocenters. The minimum absolute atomic E-state index is 0.0103. The van der Waals surface area contributed by atoms with Gasteiger partial charge in [0.05, 0.1) is 25.9 Å². The molecular formula is C21H29NO4. The number of aliphatic hydroxyl groups is 1. The van der Waals surface area contributed by atoms with E-state index >= 15 is 0 Å². The third-order valence-electron chi connectivity index (χ3n) is 5.91. The molecule has 5 heteroatoms. The van der Waals surface area contributed by atoms with Gasteiger partial charge in [0, 0.05) is 18.9 Å². The molecule has 1 saturated carbocycles. The van der Waals surface area contributed by atoms with Gasteiger partial charge in [-0.2, -0.15) is 0 Å². The van der Waals surface area contributed by atoms with E-state index in [-0.39, 0.29) is 23.2 Å². The van der Waals surface area contributed by atoms with Crippen LogP contribution in [-0.2, 0) is 16.0 Å². The first-order valence-electron chi connectivity index (χ1n) is 9.32. The SMILES string of the molecule is COC1=CCN[C@]12CCC(=O)C(C(O)C(C)Cc1ccc(OC)cc1)C2. The second-order valence-corrected chi connectivity index (χ2v) is 7.53. The van der Waals surface area contributed by atoms with Crippen molar-refractivity contribution in [2.75, 3.05) is 20.8 Å². The van der Waals surface area contributed by atoms with Gasteiger partial charge in [0.1, 0.15) is 17.3 Å². The summed E-state index contributed by atoms with van der Waals surface area (Å²) in [5, 5.41) is 14.4. The number of rotatable bonds is 6. The van der Waals surface area contributed by atoms with E-state index in [9.17, 15) is 9.90 Å². The summed E-state index contributed by atoms with van der Waals surface area (Å²) in [5.41, 5.74) is 0.834. The number of ether oxygens (including phenoxy) is 2. The molecule has 5 nitrogen and oxygen atoms in total. The highest BCUT2D eigenvalue weighted by Gasteiger charge is 2.48. The molecule has 1 aliphatic heterocycles. The molecule has 0 bridgehead atoms. The normalized spacial score (nSPS) is 27.9. The van der Waals surface area contributed by atoms with Gasteiger partial charge in [-0.05, 0) is 49.0 Å². The summed E-state index contributed by atoms with van der Waals surface area (Å²) >= 11 is 0. The number of ketones is 1. The largest absolute Gasteiger partial charge is 0.499 e. The van der Waals surface area contributed by atoms with Crippen LogP contribution in [0.15, 0.2) is 36.1 Å². The Morgan fingerprint density at radius 3 is 2.65 bits per heavy atom. The van der Waals surface area contributed by atoms with Crippen LogP contribution in [0.3, 0.4) is 0 Å². The van der Waals surface area contributed by atoms with Crippen LogP contribution in [0.4, 0.5) is 0 Å². The van der Waals surface area contributed by atoms with E-state index in [2.05, 4.69) is 5.32 Å². The monoisotopic (exact) mass is 359 g/mol. The molecule has 1 aliphatic carbocycles. The van der Waals surface area contributed by atoms with Gasteiger partial charge in [-0.1, -0.05) is 19.1 Å². The van der Waals surface area contributed by atoms with Crippen molar-refractivity contribution in [1.29, 1.82) is 0 Å². The molecule has 0 amide bonds. The number of carbonyl (C=O) groups is 1. The summed E-state index contributed by atoms with van der Waals surface area (Å²) in [7, 11) is 3.32. The van der Waals surface area contributed by atoms with Gasteiger partial charge in [-0.3, -0.25) is 4.79 Å². The fourth-order valence-electron chi connectivity index (χ4n) is 4.36. The molecular weight excluding hydrogens is 330 g/mol. The Kier molecular flexibility index (Phi) is 5.68. The Bertz CT molecular complexity index is 669. The lowest BCUT2D eigenvalue weighted by atomic mass is 9.70. The van der Waals surface area contributed by atoms with Crippen LogP contribution in [0.5, 0.6) is 5.75 Å². The van der Waals surface area contributed by atoms with Crippen molar-refractivity contribution in [2.45, 2.75) is 44.2 Å². The van der Waals surface area contributed by atoms with Gasteiger partial charge in [-0.15, -0.1) is 0 Å². The first-order valence-corrected chi connectivity index (χ1v) is 9.32. The number of benzene rings is 1. The van der Waals surface area contributed by atoms with Crippen LogP contribution >= 0.6 is 0 Å². The predicted molar refractivity (Wildman–Crippen MR) is 100 cm³/mol. The number of carbonyl (C=O) groups excluding carboxylic acids is 1. The number of Topliss-reactive ketones (excluding diaryl/α,β-unsaturated/α-hetero) is 1. The molecule has 1 spiro atoms. The van der Waals surface area contributed by atoms with Crippen molar-refractivity contribution >= 4 is 5.78 Å². The van der Waals surface area contributed by atoms with E-state index in [1.165, 1.54) is 0 Å². The van der Waals surface area contributed by atoms with Crippen LogP contribution in [0.25, 0.3) is 0 Å². The zero-order chi connectivity index (χ0) is 18.7. The number of aliphatic hydroxyl groups excluding tert-OH is 1. The van der Waals surface area contributed by atoms with E-state index < -0.39 is 6.10 Å². The van der Waals surface area contributed by atoms with E-state index in [0.717, 1.165) is 36.5 Å². The summed E-state index contributed by atoms with van der Waals surface area (Å²) in [4.78, 5) is 12.5. The first kappa shape index (κ1) is 18.9. The number of hydrogen-bond acceptors (Lipinski definition) is 5. The lowest BCUT2D eigenvalue weighted by Crippen LogP contribution is -2.52. The smallest absolute Gasteiger partial charge is 0.138 e. The molecule has 1 aromatic carbocycles. The van der Waals surface area contributed by atoms with Crippen molar-refractivity contribution < 1.29 is 19.4 Å². The van der Waals surface area contributed by atoms with Gasteiger partial charge in [0.25, 0.3) is 0 Å². The second-order valence-electron chi connectivity index (χ2n) is 7.53. The quantitative estimate of drug-likeness (QED) is 0.817. The maximum Gasteiger partial charge on any atom is 0.138 e. The Morgan fingerprint density at radius 2 is 2.00 bits per heavy atom. The van der Waals surface area contributed by atoms with Gasteiger partial charge in [0.2, 0.25) is 0 Å². The minimum Gasteiger partial charge on any atom is -0.499 e. The molecule has 0 radical (unpaired) electrons. The molecule has 2 aliphatic rings. The van der Waals surface area contributed by atoms with Gasteiger partial charge in [0.15, 0.2) is 0 Å². The molecule has 1 heterocycles.